The van der Waals surface area contributed by atoms with Crippen molar-refractivity contribution >= 4 is 45.6 Å². The molecule has 1 aliphatic carbocycles. The average molecular weight is 504 g/mol. The topological polar surface area (TPSA) is 122 Å². The maximum absolute atomic E-state index is 12.5. The number of ether oxygens (including phenoxy) is 1. The summed E-state index contributed by atoms with van der Waals surface area (Å²) in [6.07, 6.45) is 2.53. The number of hydrogen-bond donors (Lipinski definition) is 2. The number of phenolic OH excluding ortho intramolecular Hbond substituents is 1. The molecule has 1 saturated carbocycles. The minimum absolute atomic E-state index is 0.0161. The number of anilines is 1. The lowest BCUT2D eigenvalue weighted by Crippen LogP contribution is -2.49. The lowest BCUT2D eigenvalue weighted by Gasteiger charge is -2.32. The van der Waals surface area contributed by atoms with Gasteiger partial charge in [0.2, 0.25) is 5.91 Å². The molecule has 2 fully saturated rings. The predicted molar refractivity (Wildman–Crippen MR) is 133 cm³/mol. The van der Waals surface area contributed by atoms with E-state index in [1.807, 2.05) is 18.7 Å². The van der Waals surface area contributed by atoms with Crippen molar-refractivity contribution in [1.29, 1.82) is 0 Å². The number of aromatic hydroxyl groups is 1. The molecule has 1 heterocycles. The van der Waals surface area contributed by atoms with Crippen molar-refractivity contribution in [3.63, 3.8) is 0 Å². The van der Waals surface area contributed by atoms with Gasteiger partial charge < -0.3 is 20.1 Å². The van der Waals surface area contributed by atoms with Crippen LogP contribution in [0.25, 0.3) is 10.8 Å². The first-order valence-corrected chi connectivity index (χ1v) is 12.2. The summed E-state index contributed by atoms with van der Waals surface area (Å²) in [6.45, 7) is 8.17. The highest BCUT2D eigenvalue weighted by molar-refractivity contribution is 6.39. The van der Waals surface area contributed by atoms with Crippen molar-refractivity contribution in [2.45, 2.75) is 58.4 Å². The van der Waals surface area contributed by atoms with E-state index in [-0.39, 0.29) is 51.8 Å². The number of nitrogens with zero attached hydrogens (tertiary/aromatic N) is 2. The Balaban J connectivity index is 1.87. The number of hydrogen-bond acceptors (Lipinski definition) is 7. The standard InChI is InChI=1S/C25H30ClN3O6/c1-5-35-24(32)18-10-16(14-6-7-14)20-17(23(18)31)11-19(29(33)34)22(21(20)26)28-9-8-15(12-28)25(3,4)27-13(2)30/h10-11,14-15,31H,5-9,12H2,1-4H3,(H,27,30)/t15-/m0/s1. The maximum Gasteiger partial charge on any atom is 0.341 e. The largest absolute Gasteiger partial charge is 0.506 e. The molecule has 0 unspecified atom stereocenters. The molecule has 1 amide bonds. The fourth-order valence-corrected chi connectivity index (χ4v) is 5.59. The third kappa shape index (κ3) is 4.61. The van der Waals surface area contributed by atoms with Crippen LogP contribution in [0.15, 0.2) is 12.1 Å². The zero-order chi connectivity index (χ0) is 25.7. The van der Waals surface area contributed by atoms with Gasteiger partial charge in [-0.05, 0) is 57.6 Å². The van der Waals surface area contributed by atoms with Gasteiger partial charge in [0.25, 0.3) is 5.69 Å². The van der Waals surface area contributed by atoms with Crippen LogP contribution in [0.3, 0.4) is 0 Å². The van der Waals surface area contributed by atoms with E-state index in [1.165, 1.54) is 13.0 Å². The Morgan fingerprint density at radius 1 is 1.31 bits per heavy atom. The summed E-state index contributed by atoms with van der Waals surface area (Å²) < 4.78 is 5.09. The number of carbonyl (C=O) groups is 2. The van der Waals surface area contributed by atoms with Gasteiger partial charge in [-0.15, -0.1) is 0 Å². The molecule has 4 rings (SSSR count). The van der Waals surface area contributed by atoms with E-state index in [1.54, 1.807) is 13.0 Å². The van der Waals surface area contributed by atoms with Gasteiger partial charge in [-0.2, -0.15) is 0 Å². The number of rotatable bonds is 7. The summed E-state index contributed by atoms with van der Waals surface area (Å²) in [6, 6.07) is 2.92. The van der Waals surface area contributed by atoms with Crippen LogP contribution in [0.4, 0.5) is 11.4 Å². The van der Waals surface area contributed by atoms with E-state index in [2.05, 4.69) is 5.32 Å². The van der Waals surface area contributed by atoms with E-state index in [9.17, 15) is 24.8 Å². The van der Waals surface area contributed by atoms with Gasteiger partial charge in [-0.3, -0.25) is 14.9 Å². The second-order valence-corrected chi connectivity index (χ2v) is 10.3. The Hall–Kier alpha value is -3.07. The molecule has 0 aromatic heterocycles. The number of nitrogens with one attached hydrogen (secondary N) is 1. The molecule has 188 valence electrons. The van der Waals surface area contributed by atoms with Gasteiger partial charge in [-0.1, -0.05) is 11.6 Å². The summed E-state index contributed by atoms with van der Waals surface area (Å²) >= 11 is 6.92. The van der Waals surface area contributed by atoms with E-state index >= 15 is 0 Å². The van der Waals surface area contributed by atoms with E-state index in [4.69, 9.17) is 16.3 Å². The quantitative estimate of drug-likeness (QED) is 0.313. The SMILES string of the molecule is CCOC(=O)c1cc(C2CC2)c2c(Cl)c(N3CC[C@H](C(C)(C)NC(C)=O)C3)c([N+](=O)[O-])cc2c1O. The fraction of sp³-hybridized carbons (Fsp3) is 0.520. The second kappa shape index (κ2) is 9.18. The van der Waals surface area contributed by atoms with Gasteiger partial charge in [0.05, 0.1) is 16.6 Å². The van der Waals surface area contributed by atoms with Gasteiger partial charge in [-0.25, -0.2) is 4.79 Å². The monoisotopic (exact) mass is 503 g/mol. The molecule has 1 atom stereocenters. The normalized spacial score (nSPS) is 18.1. The molecule has 2 N–H and O–H groups in total. The van der Waals surface area contributed by atoms with Crippen LogP contribution < -0.4 is 10.2 Å². The van der Waals surface area contributed by atoms with Crippen molar-refractivity contribution in [2.24, 2.45) is 5.92 Å². The number of nitro benzene ring substituents is 1. The maximum atomic E-state index is 12.5. The Bertz CT molecular complexity index is 1220. The van der Waals surface area contributed by atoms with Gasteiger partial charge in [0.15, 0.2) is 0 Å². The lowest BCUT2D eigenvalue weighted by atomic mass is 9.86. The number of benzene rings is 2. The van der Waals surface area contributed by atoms with Crippen LogP contribution in [0, 0.1) is 16.0 Å². The van der Waals surface area contributed by atoms with Crippen LogP contribution in [-0.2, 0) is 9.53 Å². The minimum Gasteiger partial charge on any atom is -0.506 e. The zero-order valence-corrected chi connectivity index (χ0v) is 21.1. The first-order valence-electron chi connectivity index (χ1n) is 11.8. The van der Waals surface area contributed by atoms with Gasteiger partial charge in [0, 0.05) is 48.3 Å². The molecule has 2 aliphatic rings. The molecule has 9 nitrogen and oxygen atoms in total. The average Bonchev–Trinajstić information content (AvgIpc) is 3.48. The summed E-state index contributed by atoms with van der Waals surface area (Å²) in [5.41, 5.74) is 0.341. The van der Waals surface area contributed by atoms with Crippen LogP contribution in [-0.4, -0.2) is 47.1 Å². The number of fused-ring (bicyclic) bond motifs is 1. The third-order valence-corrected chi connectivity index (χ3v) is 7.42. The molecule has 2 aromatic rings. The first kappa shape index (κ1) is 25.0. The Morgan fingerprint density at radius 3 is 2.57 bits per heavy atom. The summed E-state index contributed by atoms with van der Waals surface area (Å²) in [7, 11) is 0. The van der Waals surface area contributed by atoms with Crippen molar-refractivity contribution in [2.75, 3.05) is 24.6 Å². The number of esters is 1. The number of carbonyl (C=O) groups excluding carboxylic acids is 2. The Labute approximate surface area is 208 Å². The summed E-state index contributed by atoms with van der Waals surface area (Å²) in [4.78, 5) is 37.7. The number of amides is 1. The van der Waals surface area contributed by atoms with Crippen molar-refractivity contribution in [1.82, 2.24) is 5.32 Å². The highest BCUT2D eigenvalue weighted by Gasteiger charge is 2.40. The zero-order valence-electron chi connectivity index (χ0n) is 20.3. The van der Waals surface area contributed by atoms with Gasteiger partial charge in [0.1, 0.15) is 17.0 Å². The fourth-order valence-electron chi connectivity index (χ4n) is 5.17. The first-order chi connectivity index (χ1) is 16.5. The predicted octanol–water partition coefficient (Wildman–Crippen LogP) is 4.90. The molecule has 2 aromatic carbocycles. The van der Waals surface area contributed by atoms with Gasteiger partial charge >= 0.3 is 5.97 Å². The van der Waals surface area contributed by atoms with E-state index in [0.717, 1.165) is 24.8 Å². The lowest BCUT2D eigenvalue weighted by molar-refractivity contribution is -0.384. The summed E-state index contributed by atoms with van der Waals surface area (Å²) in [5, 5.41) is 27.0. The second-order valence-electron chi connectivity index (χ2n) is 9.93. The van der Waals surface area contributed by atoms with Crippen molar-refractivity contribution in [3.8, 4) is 5.75 Å². The molecule has 35 heavy (non-hydrogen) atoms. The van der Waals surface area contributed by atoms with Crippen molar-refractivity contribution in [3.05, 3.63) is 38.4 Å². The highest BCUT2D eigenvalue weighted by atomic mass is 35.5. The molecule has 0 bridgehead atoms. The van der Waals surface area contributed by atoms with Crippen LogP contribution in [0.5, 0.6) is 5.75 Å². The van der Waals surface area contributed by atoms with E-state index in [0.29, 0.717) is 24.2 Å². The molecule has 0 spiro atoms. The summed E-state index contributed by atoms with van der Waals surface area (Å²) in [5.74, 6) is -0.974. The van der Waals surface area contributed by atoms with Crippen LogP contribution in [0.2, 0.25) is 5.02 Å². The Morgan fingerprint density at radius 2 is 2.00 bits per heavy atom. The molecule has 10 heteroatoms. The number of nitro groups is 1. The third-order valence-electron chi connectivity index (χ3n) is 7.05. The molecular weight excluding hydrogens is 474 g/mol. The van der Waals surface area contributed by atoms with Crippen LogP contribution >= 0.6 is 11.6 Å². The number of halogens is 1. The molecule has 1 aliphatic heterocycles. The highest BCUT2D eigenvalue weighted by Crippen LogP contribution is 2.52. The number of phenols is 1. The molecule has 1 saturated heterocycles. The molecular formula is C25H30ClN3O6. The molecule has 0 radical (unpaired) electrons. The van der Waals surface area contributed by atoms with Crippen molar-refractivity contribution < 1.29 is 24.4 Å². The van der Waals surface area contributed by atoms with Crippen LogP contribution in [0.1, 0.15) is 68.8 Å². The minimum atomic E-state index is -0.681. The smallest absolute Gasteiger partial charge is 0.341 e. The Kier molecular flexibility index (Phi) is 6.57. The van der Waals surface area contributed by atoms with E-state index < -0.39 is 16.4 Å².